The van der Waals surface area contributed by atoms with Gasteiger partial charge in [-0.2, -0.15) is 0 Å². The van der Waals surface area contributed by atoms with Crippen LogP contribution in [0, 0.1) is 5.82 Å². The number of halogens is 2. The van der Waals surface area contributed by atoms with E-state index in [2.05, 4.69) is 0 Å². The highest BCUT2D eigenvalue weighted by Crippen LogP contribution is 2.60. The summed E-state index contributed by atoms with van der Waals surface area (Å²) in [4.78, 5) is 12.2. The second kappa shape index (κ2) is 10.6. The molecule has 0 N–H and O–H groups in total. The minimum Gasteiger partial charge on any atom is -0.491 e. The highest BCUT2D eigenvalue weighted by molar-refractivity contribution is 7.54. The Labute approximate surface area is 168 Å². The summed E-state index contributed by atoms with van der Waals surface area (Å²) in [6.45, 7) is 0.0931. The maximum absolute atomic E-state index is 13.6. The fourth-order valence-electron chi connectivity index (χ4n) is 2.37. The van der Waals surface area contributed by atoms with Crippen LogP contribution < -0.4 is 4.74 Å². The monoisotopic (exact) mass is 430 g/mol. The number of benzene rings is 2. The molecule has 1 unspecified atom stereocenters. The van der Waals surface area contributed by atoms with Crippen LogP contribution in [0.5, 0.6) is 5.75 Å². The summed E-state index contributed by atoms with van der Waals surface area (Å²) in [5.74, 6) is -2.34. The van der Waals surface area contributed by atoms with Gasteiger partial charge >= 0.3 is 13.6 Å². The number of ether oxygens (including phenoxy) is 2. The summed E-state index contributed by atoms with van der Waals surface area (Å²) in [6.07, 6.45) is 0.249. The maximum atomic E-state index is 13.6. The van der Waals surface area contributed by atoms with E-state index in [-0.39, 0.29) is 30.2 Å². The minimum absolute atomic E-state index is 0.0219. The zero-order valence-corrected chi connectivity index (χ0v) is 17.1. The number of hydrogen-bond acceptors (Lipinski definition) is 6. The third-order valence-electron chi connectivity index (χ3n) is 3.80. The summed E-state index contributed by atoms with van der Waals surface area (Å²) in [6, 6.07) is 12.6. The van der Waals surface area contributed by atoms with Gasteiger partial charge in [0.1, 0.15) is 0 Å². The van der Waals surface area contributed by atoms with Gasteiger partial charge in [0, 0.05) is 31.2 Å². The van der Waals surface area contributed by atoms with E-state index in [9.17, 15) is 13.8 Å². The molecule has 28 heavy (non-hydrogen) atoms. The van der Waals surface area contributed by atoms with Crippen molar-refractivity contribution < 1.29 is 32.3 Å². The van der Waals surface area contributed by atoms with Crippen molar-refractivity contribution in [2.45, 2.75) is 18.7 Å². The molecule has 2 rings (SSSR count). The van der Waals surface area contributed by atoms with Crippen LogP contribution in [0.1, 0.15) is 24.3 Å². The molecule has 1 atom stereocenters. The third kappa shape index (κ3) is 6.04. The first-order chi connectivity index (χ1) is 13.4. The smallest absolute Gasteiger partial charge is 0.375 e. The molecule has 0 fully saturated rings. The summed E-state index contributed by atoms with van der Waals surface area (Å²) >= 11 is 5.68. The number of carbonyl (C=O) groups excluding carboxylic acids is 1. The van der Waals surface area contributed by atoms with Crippen molar-refractivity contribution in [1.29, 1.82) is 0 Å². The molecule has 2 aromatic rings. The fraction of sp³-hybridized carbons (Fsp3) is 0.316. The van der Waals surface area contributed by atoms with Crippen LogP contribution in [0.2, 0.25) is 5.02 Å². The van der Waals surface area contributed by atoms with Crippen LogP contribution in [-0.4, -0.2) is 26.8 Å². The number of hydrogen-bond donors (Lipinski definition) is 0. The van der Waals surface area contributed by atoms with Gasteiger partial charge in [-0.3, -0.25) is 9.36 Å². The van der Waals surface area contributed by atoms with Gasteiger partial charge in [0.15, 0.2) is 11.6 Å². The lowest BCUT2D eigenvalue weighted by Crippen LogP contribution is -2.14. The first-order valence-corrected chi connectivity index (χ1v) is 10.4. The summed E-state index contributed by atoms with van der Waals surface area (Å²) in [5.41, 5.74) is 0.488. The predicted octanol–water partition coefficient (Wildman–Crippen LogP) is 5.37. The summed E-state index contributed by atoms with van der Waals surface area (Å²) in [7, 11) is -1.25. The Kier molecular flexibility index (Phi) is 8.45. The molecule has 152 valence electrons. The number of esters is 1. The first kappa shape index (κ1) is 22.4. The van der Waals surface area contributed by atoms with E-state index in [4.69, 9.17) is 30.1 Å². The zero-order chi connectivity index (χ0) is 20.6. The molecule has 0 heterocycles. The quantitative estimate of drug-likeness (QED) is 0.287. The van der Waals surface area contributed by atoms with Crippen LogP contribution in [-0.2, 0) is 23.1 Å². The number of carbonyl (C=O) groups is 1. The molecular weight excluding hydrogens is 410 g/mol. The van der Waals surface area contributed by atoms with Crippen molar-refractivity contribution in [3.8, 4) is 5.75 Å². The normalized spacial score (nSPS) is 12.4. The molecule has 0 saturated heterocycles. The molecule has 0 aliphatic carbocycles. The van der Waals surface area contributed by atoms with Crippen molar-refractivity contribution in [1.82, 2.24) is 0 Å². The second-order valence-electron chi connectivity index (χ2n) is 5.68. The van der Waals surface area contributed by atoms with Crippen LogP contribution in [0.25, 0.3) is 0 Å². The van der Waals surface area contributed by atoms with Crippen molar-refractivity contribution in [2.75, 3.05) is 20.8 Å². The van der Waals surface area contributed by atoms with Crippen LogP contribution >= 0.6 is 19.2 Å². The minimum atomic E-state index is -3.70. The lowest BCUT2D eigenvalue weighted by Gasteiger charge is -2.24. The molecule has 0 radical (unpaired) electrons. The van der Waals surface area contributed by atoms with Gasteiger partial charge in [-0.15, -0.1) is 0 Å². The van der Waals surface area contributed by atoms with Gasteiger partial charge in [0.2, 0.25) is 5.85 Å². The lowest BCUT2D eigenvalue weighted by molar-refractivity contribution is -0.146. The maximum Gasteiger partial charge on any atom is 0.375 e. The van der Waals surface area contributed by atoms with Gasteiger partial charge in [0.05, 0.1) is 6.61 Å². The van der Waals surface area contributed by atoms with E-state index in [0.717, 1.165) is 6.07 Å². The Hall–Kier alpha value is -1.92. The number of rotatable bonds is 10. The molecule has 0 saturated carbocycles. The first-order valence-electron chi connectivity index (χ1n) is 8.43. The molecule has 2 aromatic carbocycles. The lowest BCUT2D eigenvalue weighted by atomic mass is 10.2. The van der Waals surface area contributed by atoms with E-state index in [1.807, 2.05) is 0 Å². The molecule has 0 spiro atoms. The largest absolute Gasteiger partial charge is 0.491 e. The van der Waals surface area contributed by atoms with E-state index >= 15 is 0 Å². The molecule has 0 aromatic heterocycles. The molecule has 0 aliphatic rings. The molecule has 0 bridgehead atoms. The van der Waals surface area contributed by atoms with E-state index in [1.165, 1.54) is 26.4 Å². The van der Waals surface area contributed by atoms with Gasteiger partial charge in [-0.25, -0.2) is 4.39 Å². The van der Waals surface area contributed by atoms with Crippen LogP contribution in [0.3, 0.4) is 0 Å². The Morgan fingerprint density at radius 3 is 2.43 bits per heavy atom. The summed E-state index contributed by atoms with van der Waals surface area (Å²) in [5, 5.41) is 0.265. The van der Waals surface area contributed by atoms with E-state index in [0.29, 0.717) is 5.56 Å². The standard InChI is InChI=1S/C19H21ClFO6P/c1-24-28(23,25-2)19(14-7-4-3-5-8-14)27-18(22)9-6-12-26-17-11-10-15(20)13-16(17)21/h3-5,7-8,10-11,13,19H,6,9,12H2,1-2H3. The highest BCUT2D eigenvalue weighted by atomic mass is 35.5. The van der Waals surface area contributed by atoms with Crippen LogP contribution in [0.15, 0.2) is 48.5 Å². The van der Waals surface area contributed by atoms with Crippen LogP contribution in [0.4, 0.5) is 4.39 Å². The zero-order valence-electron chi connectivity index (χ0n) is 15.5. The Morgan fingerprint density at radius 1 is 1.14 bits per heavy atom. The SMILES string of the molecule is COP(=O)(OC)C(OC(=O)CCCOc1ccc(Cl)cc1F)c1ccccc1. The molecule has 9 heteroatoms. The van der Waals surface area contributed by atoms with Crippen molar-refractivity contribution in [3.05, 3.63) is 64.9 Å². The average Bonchev–Trinajstić information content (AvgIpc) is 2.70. The Morgan fingerprint density at radius 2 is 1.82 bits per heavy atom. The average molecular weight is 431 g/mol. The molecule has 0 aliphatic heterocycles. The molecule has 0 amide bonds. The van der Waals surface area contributed by atoms with Gasteiger partial charge in [-0.1, -0.05) is 41.9 Å². The van der Waals surface area contributed by atoms with E-state index < -0.39 is 25.2 Å². The van der Waals surface area contributed by atoms with Gasteiger partial charge < -0.3 is 18.5 Å². The summed E-state index contributed by atoms with van der Waals surface area (Å²) < 4.78 is 47.1. The molecule has 6 nitrogen and oxygen atoms in total. The van der Waals surface area contributed by atoms with Crippen molar-refractivity contribution in [3.63, 3.8) is 0 Å². The van der Waals surface area contributed by atoms with Gasteiger partial charge in [0.25, 0.3) is 0 Å². The Bertz CT molecular complexity index is 824. The highest BCUT2D eigenvalue weighted by Gasteiger charge is 2.38. The fourth-order valence-corrected chi connectivity index (χ4v) is 3.85. The Balaban J connectivity index is 1.93. The molecular formula is C19H21ClFO6P. The third-order valence-corrected chi connectivity index (χ3v) is 6.03. The van der Waals surface area contributed by atoms with Gasteiger partial charge in [-0.05, 0) is 24.6 Å². The van der Waals surface area contributed by atoms with Crippen molar-refractivity contribution >= 4 is 25.2 Å². The topological polar surface area (TPSA) is 71.1 Å². The van der Waals surface area contributed by atoms with E-state index in [1.54, 1.807) is 30.3 Å². The second-order valence-corrected chi connectivity index (χ2v) is 8.40. The van der Waals surface area contributed by atoms with Crippen molar-refractivity contribution in [2.24, 2.45) is 0 Å². The predicted molar refractivity (Wildman–Crippen MR) is 103 cm³/mol.